The molecule has 3 atom stereocenters. The highest BCUT2D eigenvalue weighted by Crippen LogP contribution is 2.27. The van der Waals surface area contributed by atoms with Gasteiger partial charge in [0.25, 0.3) is 0 Å². The molecule has 1 saturated heterocycles. The van der Waals surface area contributed by atoms with Crippen molar-refractivity contribution in [2.45, 2.75) is 31.3 Å². The highest BCUT2D eigenvalue weighted by Gasteiger charge is 2.38. The zero-order valence-electron chi connectivity index (χ0n) is 17.2. The number of aromatic nitrogens is 1. The Morgan fingerprint density at radius 2 is 2.00 bits per heavy atom. The van der Waals surface area contributed by atoms with Crippen LogP contribution in [0.4, 0.5) is 15.3 Å². The standard InChI is InChI=1S/C22H25ClN6O3/c23-14-5-3-4-13(8-14)10-26-20(30)19-9-15(24)11-29(19)22(32)27-17-12-28(21(25)31)18-7-2-1-6-16(17)18/h1-8,12,15,19-20,26,30H,9-11,24H2,(H2,25,31)(H,27,32)/t15-,19-,20?/m0/s1. The lowest BCUT2D eigenvalue weighted by molar-refractivity contribution is 0.0608. The molecule has 168 valence electrons. The zero-order valence-corrected chi connectivity index (χ0v) is 18.0. The first-order valence-corrected chi connectivity index (χ1v) is 10.6. The number of nitrogens with zero attached hydrogens (tertiary/aromatic N) is 2. The van der Waals surface area contributed by atoms with Crippen LogP contribution in [0, 0.1) is 0 Å². The lowest BCUT2D eigenvalue weighted by atomic mass is 10.1. The van der Waals surface area contributed by atoms with Gasteiger partial charge in [-0.05, 0) is 30.2 Å². The molecule has 32 heavy (non-hydrogen) atoms. The number of urea groups is 1. The zero-order chi connectivity index (χ0) is 22.8. The number of fused-ring (bicyclic) bond motifs is 1. The van der Waals surface area contributed by atoms with Crippen molar-refractivity contribution < 1.29 is 14.7 Å². The van der Waals surface area contributed by atoms with Gasteiger partial charge >= 0.3 is 12.1 Å². The third-order valence-corrected chi connectivity index (χ3v) is 5.83. The van der Waals surface area contributed by atoms with Crippen LogP contribution in [0.1, 0.15) is 12.0 Å². The van der Waals surface area contributed by atoms with Crippen LogP contribution < -0.4 is 22.1 Å². The summed E-state index contributed by atoms with van der Waals surface area (Å²) in [6.07, 6.45) is 0.949. The average molecular weight is 457 g/mol. The summed E-state index contributed by atoms with van der Waals surface area (Å²) in [6, 6.07) is 12.6. The number of para-hydroxylation sites is 1. The van der Waals surface area contributed by atoms with Crippen LogP contribution in [0.2, 0.25) is 5.02 Å². The van der Waals surface area contributed by atoms with Crippen LogP contribution >= 0.6 is 11.6 Å². The fourth-order valence-corrected chi connectivity index (χ4v) is 4.30. The average Bonchev–Trinajstić information content (AvgIpc) is 3.33. The lowest BCUT2D eigenvalue weighted by Crippen LogP contribution is -2.50. The minimum absolute atomic E-state index is 0.264. The topological polar surface area (TPSA) is 139 Å². The smallest absolute Gasteiger partial charge is 0.323 e. The van der Waals surface area contributed by atoms with Crippen LogP contribution in [0.15, 0.2) is 54.7 Å². The van der Waals surface area contributed by atoms with Crippen molar-refractivity contribution >= 4 is 40.3 Å². The van der Waals surface area contributed by atoms with E-state index in [1.807, 2.05) is 12.1 Å². The molecule has 0 aliphatic carbocycles. The van der Waals surface area contributed by atoms with Crippen LogP contribution in [0.3, 0.4) is 0 Å². The number of benzene rings is 2. The summed E-state index contributed by atoms with van der Waals surface area (Å²) < 4.78 is 1.28. The SMILES string of the molecule is NC(=O)n1cc(NC(=O)N2C[C@@H](N)C[C@H]2C(O)NCc2cccc(Cl)c2)c2ccccc21. The number of nitrogens with one attached hydrogen (secondary N) is 2. The van der Waals surface area contributed by atoms with E-state index in [2.05, 4.69) is 10.6 Å². The fourth-order valence-electron chi connectivity index (χ4n) is 4.09. The molecule has 1 aliphatic heterocycles. The first kappa shape index (κ1) is 22.1. The van der Waals surface area contributed by atoms with E-state index in [4.69, 9.17) is 23.1 Å². The number of likely N-dealkylation sites (tertiary alicyclic amines) is 1. The van der Waals surface area contributed by atoms with Gasteiger partial charge in [-0.1, -0.05) is 41.9 Å². The summed E-state index contributed by atoms with van der Waals surface area (Å²) in [4.78, 5) is 26.4. The number of carbonyl (C=O) groups excluding carboxylic acids is 2. The molecule has 4 rings (SSSR count). The van der Waals surface area contributed by atoms with Gasteiger partial charge in [0.05, 0.1) is 17.2 Å². The number of carbonyl (C=O) groups is 2. The first-order chi connectivity index (χ1) is 15.3. The molecule has 3 aromatic rings. The number of halogens is 1. The summed E-state index contributed by atoms with van der Waals surface area (Å²) >= 11 is 6.01. The van der Waals surface area contributed by atoms with Crippen molar-refractivity contribution in [2.75, 3.05) is 11.9 Å². The van der Waals surface area contributed by atoms with Gasteiger partial charge in [-0.25, -0.2) is 9.59 Å². The fraction of sp³-hybridized carbons (Fsp3) is 0.273. The maximum absolute atomic E-state index is 13.1. The predicted octanol–water partition coefficient (Wildman–Crippen LogP) is 2.26. The van der Waals surface area contributed by atoms with E-state index in [-0.39, 0.29) is 6.04 Å². The monoisotopic (exact) mass is 456 g/mol. The third-order valence-electron chi connectivity index (χ3n) is 5.60. The Hall–Kier alpha value is -3.11. The van der Waals surface area contributed by atoms with Crippen LogP contribution in [-0.4, -0.2) is 51.5 Å². The molecule has 0 bridgehead atoms. The molecule has 1 unspecified atom stereocenters. The largest absolute Gasteiger partial charge is 0.376 e. The second-order valence-corrected chi connectivity index (χ2v) is 8.31. The molecule has 0 spiro atoms. The maximum atomic E-state index is 13.1. The molecule has 2 heterocycles. The lowest BCUT2D eigenvalue weighted by Gasteiger charge is -2.29. The number of aliphatic hydroxyl groups is 1. The van der Waals surface area contributed by atoms with Crippen molar-refractivity contribution in [1.82, 2.24) is 14.8 Å². The molecule has 7 N–H and O–H groups in total. The summed E-state index contributed by atoms with van der Waals surface area (Å²) in [5.41, 5.74) is 13.5. The number of amides is 3. The predicted molar refractivity (Wildman–Crippen MR) is 123 cm³/mol. The number of nitrogens with two attached hydrogens (primary N) is 2. The summed E-state index contributed by atoms with van der Waals surface area (Å²) in [5, 5.41) is 17.9. The van der Waals surface area contributed by atoms with Crippen molar-refractivity contribution in [3.8, 4) is 0 Å². The molecule has 0 saturated carbocycles. The van der Waals surface area contributed by atoms with Gasteiger partial charge in [-0.2, -0.15) is 0 Å². The molecular weight excluding hydrogens is 432 g/mol. The molecule has 9 nitrogen and oxygen atoms in total. The van der Waals surface area contributed by atoms with Gasteiger partial charge < -0.3 is 26.8 Å². The van der Waals surface area contributed by atoms with Crippen molar-refractivity contribution in [3.63, 3.8) is 0 Å². The van der Waals surface area contributed by atoms with Crippen LogP contribution in [0.25, 0.3) is 10.9 Å². The highest BCUT2D eigenvalue weighted by atomic mass is 35.5. The Morgan fingerprint density at radius 1 is 1.22 bits per heavy atom. The Labute approximate surface area is 189 Å². The molecular formula is C22H25ClN6O3. The Balaban J connectivity index is 1.49. The normalized spacial score (nSPS) is 19.3. The van der Waals surface area contributed by atoms with Gasteiger partial charge in [-0.15, -0.1) is 0 Å². The second-order valence-electron chi connectivity index (χ2n) is 7.87. The summed E-state index contributed by atoms with van der Waals surface area (Å²) in [7, 11) is 0. The number of rotatable bonds is 5. The quantitative estimate of drug-likeness (QED) is 0.375. The first-order valence-electron chi connectivity index (χ1n) is 10.2. The number of primary amides is 1. The molecule has 2 aromatic carbocycles. The molecule has 0 radical (unpaired) electrons. The van der Waals surface area contributed by atoms with Gasteiger partial charge in [0.2, 0.25) is 0 Å². The van der Waals surface area contributed by atoms with E-state index < -0.39 is 24.3 Å². The summed E-state index contributed by atoms with van der Waals surface area (Å²) in [5.74, 6) is 0. The minimum Gasteiger partial charge on any atom is -0.376 e. The van der Waals surface area contributed by atoms with Crippen LogP contribution in [-0.2, 0) is 6.54 Å². The van der Waals surface area contributed by atoms with Crippen molar-refractivity contribution in [2.24, 2.45) is 11.5 Å². The Morgan fingerprint density at radius 3 is 2.75 bits per heavy atom. The second kappa shape index (κ2) is 9.17. The Bertz CT molecular complexity index is 1150. The third kappa shape index (κ3) is 4.56. The van der Waals surface area contributed by atoms with Crippen LogP contribution in [0.5, 0.6) is 0 Å². The van der Waals surface area contributed by atoms with Crippen molar-refractivity contribution in [1.29, 1.82) is 0 Å². The molecule has 1 fully saturated rings. The molecule has 1 aromatic heterocycles. The maximum Gasteiger partial charge on any atom is 0.323 e. The van der Waals surface area contributed by atoms with Gasteiger partial charge in [-0.3, -0.25) is 9.88 Å². The van der Waals surface area contributed by atoms with E-state index >= 15 is 0 Å². The number of hydrogen-bond donors (Lipinski definition) is 5. The van der Waals surface area contributed by atoms with E-state index in [0.29, 0.717) is 41.1 Å². The summed E-state index contributed by atoms with van der Waals surface area (Å²) in [6.45, 7) is 0.676. The molecule has 10 heteroatoms. The number of aliphatic hydroxyl groups excluding tert-OH is 1. The van der Waals surface area contributed by atoms with E-state index in [1.165, 1.54) is 15.7 Å². The number of anilines is 1. The van der Waals surface area contributed by atoms with Gasteiger partial charge in [0, 0.05) is 35.7 Å². The van der Waals surface area contributed by atoms with Gasteiger partial charge in [0.15, 0.2) is 0 Å². The van der Waals surface area contributed by atoms with E-state index in [1.54, 1.807) is 36.4 Å². The van der Waals surface area contributed by atoms with Gasteiger partial charge in [0.1, 0.15) is 6.23 Å². The van der Waals surface area contributed by atoms with Crippen molar-refractivity contribution in [3.05, 3.63) is 65.3 Å². The highest BCUT2D eigenvalue weighted by molar-refractivity contribution is 6.30. The molecule has 1 aliphatic rings. The van der Waals surface area contributed by atoms with E-state index in [0.717, 1.165) is 5.56 Å². The number of hydrogen-bond acceptors (Lipinski definition) is 5. The minimum atomic E-state index is -0.986. The molecule has 3 amide bonds. The Kier molecular flexibility index (Phi) is 6.33. The van der Waals surface area contributed by atoms with E-state index in [9.17, 15) is 14.7 Å².